The third kappa shape index (κ3) is 11.9. The lowest BCUT2D eigenvalue weighted by atomic mass is 10.0. The van der Waals surface area contributed by atoms with Gasteiger partial charge in [-0.3, -0.25) is 4.99 Å². The van der Waals surface area contributed by atoms with Gasteiger partial charge in [-0.1, -0.05) is 32.9 Å². The predicted molar refractivity (Wildman–Crippen MR) is 139 cm³/mol. The summed E-state index contributed by atoms with van der Waals surface area (Å²) < 4.78 is 10.7. The molecule has 1 rings (SSSR count). The summed E-state index contributed by atoms with van der Waals surface area (Å²) in [5.74, 6) is 2.79. The Morgan fingerprint density at radius 3 is 2.41 bits per heavy atom. The Labute approximate surface area is 210 Å². The predicted octanol–water partition coefficient (Wildman–Crippen LogP) is 4.19. The van der Waals surface area contributed by atoms with Gasteiger partial charge in [-0.15, -0.1) is 24.0 Å². The number of carbonyl (C=O) groups is 1. The van der Waals surface area contributed by atoms with E-state index in [1.165, 1.54) is 0 Å². The standard InChI is InChI=1S/C22H42N6O3.HI/c1-15(2)17(25-21(29)30-22(5,6)7)12-14-28(9)20(23-8)24-13-10-11-18-26-19(16(3)4)27-31-18;/h15-17H,10-14H2,1-9H3,(H,23,24)(H,25,29);1H. The molecule has 1 unspecified atom stereocenters. The van der Waals surface area contributed by atoms with Crippen molar-refractivity contribution in [3.05, 3.63) is 11.7 Å². The first-order chi connectivity index (χ1) is 14.4. The van der Waals surface area contributed by atoms with Gasteiger partial charge in [0.25, 0.3) is 0 Å². The van der Waals surface area contributed by atoms with Gasteiger partial charge in [-0.05, 0) is 39.5 Å². The molecule has 0 saturated carbocycles. The van der Waals surface area contributed by atoms with E-state index in [9.17, 15) is 4.79 Å². The molecule has 1 atom stereocenters. The quantitative estimate of drug-likeness (QED) is 0.189. The molecule has 0 fully saturated rings. The molecule has 0 aliphatic heterocycles. The van der Waals surface area contributed by atoms with Crippen LogP contribution >= 0.6 is 24.0 Å². The van der Waals surface area contributed by atoms with Crippen LogP contribution in [0.5, 0.6) is 0 Å². The molecular formula is C22H43IN6O3. The highest BCUT2D eigenvalue weighted by atomic mass is 127. The van der Waals surface area contributed by atoms with Crippen molar-refractivity contribution in [2.75, 3.05) is 27.2 Å². The topological polar surface area (TPSA) is 105 Å². The van der Waals surface area contributed by atoms with Crippen LogP contribution in [0.3, 0.4) is 0 Å². The fraction of sp³-hybridized carbons (Fsp3) is 0.818. The highest BCUT2D eigenvalue weighted by Gasteiger charge is 2.22. The molecule has 1 aromatic rings. The number of nitrogens with one attached hydrogen (secondary N) is 2. The lowest BCUT2D eigenvalue weighted by Crippen LogP contribution is -2.45. The van der Waals surface area contributed by atoms with E-state index in [2.05, 4.69) is 44.5 Å². The molecule has 0 spiro atoms. The van der Waals surface area contributed by atoms with E-state index in [0.29, 0.717) is 11.8 Å². The third-order valence-electron chi connectivity index (χ3n) is 4.71. The number of halogens is 1. The van der Waals surface area contributed by atoms with E-state index in [-0.39, 0.29) is 42.0 Å². The normalized spacial score (nSPS) is 13.0. The Morgan fingerprint density at radius 1 is 1.25 bits per heavy atom. The number of ether oxygens (including phenoxy) is 1. The van der Waals surface area contributed by atoms with Crippen molar-refractivity contribution in [3.63, 3.8) is 0 Å². The van der Waals surface area contributed by atoms with Gasteiger partial charge >= 0.3 is 6.09 Å². The molecule has 9 nitrogen and oxygen atoms in total. The van der Waals surface area contributed by atoms with Gasteiger partial charge in [-0.25, -0.2) is 4.79 Å². The van der Waals surface area contributed by atoms with Gasteiger partial charge in [0.05, 0.1) is 0 Å². The van der Waals surface area contributed by atoms with Crippen molar-refractivity contribution in [1.29, 1.82) is 0 Å². The Morgan fingerprint density at radius 2 is 1.91 bits per heavy atom. The molecule has 0 aliphatic rings. The summed E-state index contributed by atoms with van der Waals surface area (Å²) in [4.78, 5) is 23.0. The van der Waals surface area contributed by atoms with Crippen LogP contribution in [0.15, 0.2) is 9.52 Å². The van der Waals surface area contributed by atoms with E-state index in [0.717, 1.165) is 44.1 Å². The van der Waals surface area contributed by atoms with Gasteiger partial charge < -0.3 is 24.8 Å². The van der Waals surface area contributed by atoms with Crippen LogP contribution in [0.2, 0.25) is 0 Å². The van der Waals surface area contributed by atoms with Crippen molar-refractivity contribution in [2.45, 2.75) is 85.3 Å². The number of amides is 1. The lowest BCUT2D eigenvalue weighted by Gasteiger charge is -2.28. The minimum Gasteiger partial charge on any atom is -0.444 e. The van der Waals surface area contributed by atoms with Crippen LogP contribution in [-0.4, -0.2) is 65.9 Å². The Hall–Kier alpha value is -1.59. The number of hydrogen-bond acceptors (Lipinski definition) is 6. The Kier molecular flexibility index (Phi) is 13.8. The second-order valence-electron chi connectivity index (χ2n) is 9.49. The summed E-state index contributed by atoms with van der Waals surface area (Å²) in [5, 5.41) is 10.4. The molecule has 32 heavy (non-hydrogen) atoms. The zero-order chi connectivity index (χ0) is 23.6. The minimum absolute atomic E-state index is 0. The number of nitrogens with zero attached hydrogens (tertiary/aromatic N) is 4. The second-order valence-corrected chi connectivity index (χ2v) is 9.49. The van der Waals surface area contributed by atoms with Gasteiger partial charge in [0.2, 0.25) is 5.89 Å². The number of aromatic nitrogens is 2. The molecule has 1 amide bonds. The molecule has 1 heterocycles. The van der Waals surface area contributed by atoms with Crippen molar-refractivity contribution < 1.29 is 14.1 Å². The summed E-state index contributed by atoms with van der Waals surface area (Å²) in [6.07, 6.45) is 2.00. The van der Waals surface area contributed by atoms with Gasteiger partial charge in [0, 0.05) is 45.6 Å². The van der Waals surface area contributed by atoms with E-state index in [1.54, 1.807) is 7.05 Å². The van der Waals surface area contributed by atoms with Crippen molar-refractivity contribution in [2.24, 2.45) is 10.9 Å². The van der Waals surface area contributed by atoms with Crippen LogP contribution < -0.4 is 10.6 Å². The fourth-order valence-electron chi connectivity index (χ4n) is 2.90. The lowest BCUT2D eigenvalue weighted by molar-refractivity contribution is 0.0486. The zero-order valence-corrected chi connectivity index (χ0v) is 23.5. The number of alkyl carbamates (subject to hydrolysis) is 1. The highest BCUT2D eigenvalue weighted by molar-refractivity contribution is 14.0. The summed E-state index contributed by atoms with van der Waals surface area (Å²) in [6.45, 7) is 15.4. The fourth-order valence-corrected chi connectivity index (χ4v) is 2.90. The smallest absolute Gasteiger partial charge is 0.407 e. The summed E-state index contributed by atoms with van der Waals surface area (Å²) in [6, 6.07) is 0.0167. The van der Waals surface area contributed by atoms with Crippen molar-refractivity contribution in [1.82, 2.24) is 25.7 Å². The molecule has 1 aromatic heterocycles. The van der Waals surface area contributed by atoms with Crippen molar-refractivity contribution in [3.8, 4) is 0 Å². The molecule has 2 N–H and O–H groups in total. The molecule has 0 bridgehead atoms. The van der Waals surface area contributed by atoms with Crippen LogP contribution in [0.1, 0.15) is 78.9 Å². The monoisotopic (exact) mass is 566 g/mol. The molecule has 186 valence electrons. The first-order valence-corrected chi connectivity index (χ1v) is 11.2. The average molecular weight is 567 g/mol. The number of hydrogen-bond donors (Lipinski definition) is 2. The van der Waals surface area contributed by atoms with Crippen LogP contribution in [-0.2, 0) is 11.2 Å². The molecular weight excluding hydrogens is 523 g/mol. The summed E-state index contributed by atoms with van der Waals surface area (Å²) >= 11 is 0. The maximum atomic E-state index is 12.1. The zero-order valence-electron chi connectivity index (χ0n) is 21.2. The van der Waals surface area contributed by atoms with E-state index >= 15 is 0 Å². The van der Waals surface area contributed by atoms with Gasteiger partial charge in [-0.2, -0.15) is 4.98 Å². The third-order valence-corrected chi connectivity index (χ3v) is 4.71. The molecule has 10 heteroatoms. The van der Waals surface area contributed by atoms with E-state index < -0.39 is 5.60 Å². The maximum Gasteiger partial charge on any atom is 0.407 e. The SMILES string of the molecule is CN=C(NCCCc1nc(C(C)C)no1)N(C)CCC(NC(=O)OC(C)(C)C)C(C)C.I. The number of rotatable bonds is 10. The molecule has 0 radical (unpaired) electrons. The van der Waals surface area contributed by atoms with Crippen molar-refractivity contribution >= 4 is 36.0 Å². The Balaban J connectivity index is 0.00000961. The van der Waals surface area contributed by atoms with E-state index in [1.807, 2.05) is 41.7 Å². The minimum atomic E-state index is -0.508. The number of aryl methyl sites for hydroxylation is 1. The first-order valence-electron chi connectivity index (χ1n) is 11.2. The average Bonchev–Trinajstić information content (AvgIpc) is 3.12. The largest absolute Gasteiger partial charge is 0.444 e. The Bertz CT molecular complexity index is 700. The summed E-state index contributed by atoms with van der Waals surface area (Å²) in [7, 11) is 3.76. The first kappa shape index (κ1) is 30.4. The van der Waals surface area contributed by atoms with Crippen LogP contribution in [0.4, 0.5) is 4.79 Å². The van der Waals surface area contributed by atoms with Gasteiger partial charge in [0.1, 0.15) is 5.60 Å². The second kappa shape index (κ2) is 14.5. The van der Waals surface area contributed by atoms with E-state index in [4.69, 9.17) is 9.26 Å². The van der Waals surface area contributed by atoms with Crippen LogP contribution in [0, 0.1) is 5.92 Å². The molecule has 0 aliphatic carbocycles. The molecule has 0 aromatic carbocycles. The van der Waals surface area contributed by atoms with Gasteiger partial charge in [0.15, 0.2) is 11.8 Å². The maximum absolute atomic E-state index is 12.1. The number of carbonyl (C=O) groups excluding carboxylic acids is 1. The molecule has 0 saturated heterocycles. The van der Waals surface area contributed by atoms with Crippen LogP contribution in [0.25, 0.3) is 0 Å². The number of guanidine groups is 1. The summed E-state index contributed by atoms with van der Waals surface area (Å²) in [5.41, 5.74) is -0.508. The number of aliphatic imine (C=N–C) groups is 1. The highest BCUT2D eigenvalue weighted by Crippen LogP contribution is 2.12.